The summed E-state index contributed by atoms with van der Waals surface area (Å²) in [5, 5.41) is 0.421. The molecule has 0 saturated carbocycles. The van der Waals surface area contributed by atoms with E-state index in [1.807, 2.05) is 24.0 Å². The number of benzene rings is 2. The largest absolute Gasteiger partial charge is 0.366 e. The SMILES string of the molecule is CCN(CCc1ccncc1)C1=C(c2ccc(F)cc2)C(=O)N(c2cccc(Cl)c2)C1=O. The molecule has 2 aromatic carbocycles. The molecular formula is C25H21ClFN3O2. The van der Waals surface area contributed by atoms with Crippen LogP contribution >= 0.6 is 11.6 Å². The molecule has 0 saturated heterocycles. The van der Waals surface area contributed by atoms with E-state index in [0.29, 0.717) is 41.5 Å². The van der Waals surface area contributed by atoms with Crippen molar-refractivity contribution in [1.29, 1.82) is 0 Å². The van der Waals surface area contributed by atoms with E-state index in [-0.39, 0.29) is 5.57 Å². The van der Waals surface area contributed by atoms with Crippen LogP contribution in [-0.4, -0.2) is 34.8 Å². The molecule has 2 amide bonds. The lowest BCUT2D eigenvalue weighted by molar-refractivity contribution is -0.120. The van der Waals surface area contributed by atoms with E-state index >= 15 is 0 Å². The predicted molar refractivity (Wildman–Crippen MR) is 122 cm³/mol. The van der Waals surface area contributed by atoms with Gasteiger partial charge >= 0.3 is 0 Å². The number of anilines is 1. The molecule has 0 N–H and O–H groups in total. The summed E-state index contributed by atoms with van der Waals surface area (Å²) in [6, 6.07) is 16.1. The number of aromatic nitrogens is 1. The summed E-state index contributed by atoms with van der Waals surface area (Å²) in [6.45, 7) is 2.98. The standard InChI is InChI=1S/C25H21ClFN3O2/c1-2-29(15-12-17-10-13-28-14-11-17)23-22(18-6-8-20(27)9-7-18)24(31)30(25(23)32)21-5-3-4-19(26)16-21/h3-11,13-14,16H,2,12,15H2,1H3. The minimum Gasteiger partial charge on any atom is -0.366 e. The van der Waals surface area contributed by atoms with Gasteiger partial charge in [0.05, 0.1) is 11.3 Å². The van der Waals surface area contributed by atoms with E-state index in [0.717, 1.165) is 10.5 Å². The number of nitrogens with zero attached hydrogens (tertiary/aromatic N) is 3. The first-order chi connectivity index (χ1) is 15.5. The maximum atomic E-state index is 13.6. The summed E-state index contributed by atoms with van der Waals surface area (Å²) in [5.74, 6) is -1.29. The Morgan fingerprint density at radius 1 is 1.00 bits per heavy atom. The monoisotopic (exact) mass is 449 g/mol. The zero-order chi connectivity index (χ0) is 22.7. The molecule has 162 valence electrons. The summed E-state index contributed by atoms with van der Waals surface area (Å²) in [7, 11) is 0. The van der Waals surface area contributed by atoms with Crippen LogP contribution in [0.25, 0.3) is 5.57 Å². The molecule has 3 aromatic rings. The van der Waals surface area contributed by atoms with Crippen molar-refractivity contribution < 1.29 is 14.0 Å². The number of halogens is 2. The number of pyridine rings is 1. The second-order valence-corrected chi connectivity index (χ2v) is 7.78. The molecule has 0 aliphatic carbocycles. The number of hydrogen-bond donors (Lipinski definition) is 0. The quantitative estimate of drug-likeness (QED) is 0.490. The average molecular weight is 450 g/mol. The first kappa shape index (κ1) is 21.7. The van der Waals surface area contributed by atoms with Crippen LogP contribution in [0.2, 0.25) is 5.02 Å². The van der Waals surface area contributed by atoms with Crippen molar-refractivity contribution in [2.75, 3.05) is 18.0 Å². The van der Waals surface area contributed by atoms with Gasteiger partial charge < -0.3 is 4.90 Å². The van der Waals surface area contributed by atoms with E-state index in [4.69, 9.17) is 11.6 Å². The van der Waals surface area contributed by atoms with Gasteiger partial charge in [0.25, 0.3) is 11.8 Å². The Morgan fingerprint density at radius 2 is 1.72 bits per heavy atom. The molecule has 0 spiro atoms. The van der Waals surface area contributed by atoms with Gasteiger partial charge in [-0.3, -0.25) is 14.6 Å². The molecule has 1 aliphatic heterocycles. The van der Waals surface area contributed by atoms with Crippen molar-refractivity contribution in [2.45, 2.75) is 13.3 Å². The maximum Gasteiger partial charge on any atom is 0.282 e. The minimum atomic E-state index is -0.457. The highest BCUT2D eigenvalue weighted by Gasteiger charge is 2.42. The lowest BCUT2D eigenvalue weighted by Crippen LogP contribution is -2.36. The third-order valence-electron chi connectivity index (χ3n) is 5.38. The fourth-order valence-electron chi connectivity index (χ4n) is 3.78. The maximum absolute atomic E-state index is 13.6. The van der Waals surface area contributed by atoms with Gasteiger partial charge in [0.15, 0.2) is 0 Å². The zero-order valence-corrected chi connectivity index (χ0v) is 18.2. The first-order valence-corrected chi connectivity index (χ1v) is 10.7. The van der Waals surface area contributed by atoms with Crippen molar-refractivity contribution in [2.24, 2.45) is 0 Å². The molecule has 1 aliphatic rings. The molecule has 0 atom stereocenters. The molecule has 0 bridgehead atoms. The van der Waals surface area contributed by atoms with Gasteiger partial charge in [0.2, 0.25) is 0 Å². The van der Waals surface area contributed by atoms with Gasteiger partial charge in [0.1, 0.15) is 11.5 Å². The Balaban J connectivity index is 1.76. The first-order valence-electron chi connectivity index (χ1n) is 10.3. The Kier molecular flexibility index (Phi) is 6.32. The van der Waals surface area contributed by atoms with Crippen LogP contribution in [0.1, 0.15) is 18.1 Å². The summed E-state index contributed by atoms with van der Waals surface area (Å²) < 4.78 is 13.6. The third kappa shape index (κ3) is 4.27. The molecular weight excluding hydrogens is 429 g/mol. The normalized spacial score (nSPS) is 13.8. The van der Waals surface area contributed by atoms with E-state index in [1.165, 1.54) is 24.3 Å². The Morgan fingerprint density at radius 3 is 2.38 bits per heavy atom. The number of carbonyl (C=O) groups excluding carboxylic acids is 2. The lowest BCUT2D eigenvalue weighted by atomic mass is 10.0. The molecule has 7 heteroatoms. The fourth-order valence-corrected chi connectivity index (χ4v) is 3.96. The smallest absolute Gasteiger partial charge is 0.282 e. The molecule has 32 heavy (non-hydrogen) atoms. The summed E-state index contributed by atoms with van der Waals surface area (Å²) in [6.07, 6.45) is 4.12. The zero-order valence-electron chi connectivity index (χ0n) is 17.5. The highest BCUT2D eigenvalue weighted by Crippen LogP contribution is 2.35. The van der Waals surface area contributed by atoms with E-state index in [9.17, 15) is 14.0 Å². The Labute approximate surface area is 190 Å². The third-order valence-corrected chi connectivity index (χ3v) is 5.61. The van der Waals surface area contributed by atoms with Crippen molar-refractivity contribution in [3.8, 4) is 0 Å². The van der Waals surface area contributed by atoms with Crippen molar-refractivity contribution in [1.82, 2.24) is 9.88 Å². The number of carbonyl (C=O) groups is 2. The van der Waals surface area contributed by atoms with Gasteiger partial charge in [-0.1, -0.05) is 29.8 Å². The van der Waals surface area contributed by atoms with Crippen molar-refractivity contribution >= 4 is 34.7 Å². The molecule has 0 unspecified atom stereocenters. The minimum absolute atomic E-state index is 0.256. The topological polar surface area (TPSA) is 53.5 Å². The second-order valence-electron chi connectivity index (χ2n) is 7.34. The molecule has 2 heterocycles. The molecule has 0 radical (unpaired) electrons. The van der Waals surface area contributed by atoms with E-state index in [2.05, 4.69) is 4.98 Å². The number of amides is 2. The Bertz CT molecular complexity index is 1180. The summed E-state index contributed by atoms with van der Waals surface area (Å²) >= 11 is 6.11. The molecule has 1 aromatic heterocycles. The number of rotatable bonds is 7. The molecule has 0 fully saturated rings. The predicted octanol–water partition coefficient (Wildman–Crippen LogP) is 4.72. The van der Waals surface area contributed by atoms with Crippen LogP contribution in [0.15, 0.2) is 78.8 Å². The van der Waals surface area contributed by atoms with Crippen molar-refractivity contribution in [3.05, 3.63) is 101 Å². The van der Waals surface area contributed by atoms with Gasteiger partial charge in [-0.25, -0.2) is 9.29 Å². The van der Waals surface area contributed by atoms with Gasteiger partial charge in [0, 0.05) is 30.5 Å². The summed E-state index contributed by atoms with van der Waals surface area (Å²) in [4.78, 5) is 34.1. The van der Waals surface area contributed by atoms with Gasteiger partial charge in [-0.05, 0) is 66.9 Å². The van der Waals surface area contributed by atoms with Crippen molar-refractivity contribution in [3.63, 3.8) is 0 Å². The average Bonchev–Trinajstić information content (AvgIpc) is 3.06. The molecule has 5 nitrogen and oxygen atoms in total. The van der Waals surface area contributed by atoms with E-state index in [1.54, 1.807) is 36.7 Å². The van der Waals surface area contributed by atoms with Crippen LogP contribution < -0.4 is 4.90 Å². The number of imide groups is 1. The highest BCUT2D eigenvalue weighted by molar-refractivity contribution is 6.45. The fraction of sp³-hybridized carbons (Fsp3) is 0.160. The van der Waals surface area contributed by atoms with Crippen LogP contribution in [-0.2, 0) is 16.0 Å². The highest BCUT2D eigenvalue weighted by atomic mass is 35.5. The summed E-state index contributed by atoms with van der Waals surface area (Å²) in [5.41, 5.74) is 2.52. The van der Waals surface area contributed by atoms with Crippen LogP contribution in [0.5, 0.6) is 0 Å². The second kappa shape index (κ2) is 9.32. The lowest BCUT2D eigenvalue weighted by Gasteiger charge is -2.25. The van der Waals surface area contributed by atoms with Crippen LogP contribution in [0.4, 0.5) is 10.1 Å². The van der Waals surface area contributed by atoms with Gasteiger partial charge in [-0.2, -0.15) is 0 Å². The number of hydrogen-bond acceptors (Lipinski definition) is 4. The molecule has 4 rings (SSSR count). The number of likely N-dealkylation sites (N-methyl/N-ethyl adjacent to an activating group) is 1. The van der Waals surface area contributed by atoms with Crippen LogP contribution in [0, 0.1) is 5.82 Å². The van der Waals surface area contributed by atoms with Crippen LogP contribution in [0.3, 0.4) is 0 Å². The Hall–Kier alpha value is -3.51. The van der Waals surface area contributed by atoms with Gasteiger partial charge in [-0.15, -0.1) is 0 Å². The van der Waals surface area contributed by atoms with E-state index < -0.39 is 17.6 Å².